The summed E-state index contributed by atoms with van der Waals surface area (Å²) in [6.45, 7) is 11.1. The molecule has 0 saturated carbocycles. The molecule has 1 heterocycles. The van der Waals surface area contributed by atoms with Gasteiger partial charge in [-0.2, -0.15) is 0 Å². The van der Waals surface area contributed by atoms with Gasteiger partial charge in [-0.25, -0.2) is 0 Å². The van der Waals surface area contributed by atoms with E-state index in [1.165, 1.54) is 37.6 Å². The van der Waals surface area contributed by atoms with Crippen LogP contribution in [0.2, 0.25) is 0 Å². The van der Waals surface area contributed by atoms with Crippen molar-refractivity contribution in [3.05, 3.63) is 30.3 Å². The Hall–Kier alpha value is -0.510. The molecule has 1 aliphatic rings. The molecular formula is C18H32IN5S. The highest BCUT2D eigenvalue weighted by Crippen LogP contribution is 2.15. The van der Waals surface area contributed by atoms with E-state index in [-0.39, 0.29) is 24.0 Å². The fourth-order valence-corrected chi connectivity index (χ4v) is 3.53. The first kappa shape index (κ1) is 22.5. The van der Waals surface area contributed by atoms with Gasteiger partial charge < -0.3 is 15.5 Å². The third-order valence-electron chi connectivity index (χ3n) is 4.26. The number of benzene rings is 1. The second kappa shape index (κ2) is 13.7. The van der Waals surface area contributed by atoms with Crippen LogP contribution < -0.4 is 10.6 Å². The molecule has 1 fully saturated rings. The molecule has 25 heavy (non-hydrogen) atoms. The topological polar surface area (TPSA) is 42.9 Å². The zero-order valence-corrected chi connectivity index (χ0v) is 18.6. The Morgan fingerprint density at radius 3 is 2.32 bits per heavy atom. The minimum atomic E-state index is 0. The molecule has 1 aromatic rings. The predicted octanol–water partition coefficient (Wildman–Crippen LogP) is 2.20. The SMILES string of the molecule is CCN1CCN(CCNC(=NC)NCCSc2ccccc2)CC1.I. The molecule has 5 nitrogen and oxygen atoms in total. The molecule has 0 spiro atoms. The van der Waals surface area contributed by atoms with Gasteiger partial charge in [-0.3, -0.25) is 9.89 Å². The summed E-state index contributed by atoms with van der Waals surface area (Å²) >= 11 is 1.86. The van der Waals surface area contributed by atoms with E-state index in [0.29, 0.717) is 0 Å². The Bertz CT molecular complexity index is 478. The van der Waals surface area contributed by atoms with E-state index in [0.717, 1.165) is 31.3 Å². The molecule has 1 aromatic carbocycles. The number of hydrogen-bond donors (Lipinski definition) is 2. The summed E-state index contributed by atoms with van der Waals surface area (Å²) in [5, 5.41) is 6.80. The van der Waals surface area contributed by atoms with Crippen molar-refractivity contribution in [1.29, 1.82) is 0 Å². The highest BCUT2D eigenvalue weighted by molar-refractivity contribution is 14.0. The summed E-state index contributed by atoms with van der Waals surface area (Å²) in [4.78, 5) is 10.6. The monoisotopic (exact) mass is 477 g/mol. The van der Waals surface area contributed by atoms with Gasteiger partial charge in [0.2, 0.25) is 0 Å². The van der Waals surface area contributed by atoms with Crippen molar-refractivity contribution in [3.63, 3.8) is 0 Å². The van der Waals surface area contributed by atoms with Crippen LogP contribution in [0, 0.1) is 0 Å². The molecular weight excluding hydrogens is 445 g/mol. The average Bonchev–Trinajstić information content (AvgIpc) is 2.65. The van der Waals surface area contributed by atoms with E-state index in [9.17, 15) is 0 Å². The Kier molecular flexibility index (Phi) is 12.3. The normalized spacial score (nSPS) is 16.3. The van der Waals surface area contributed by atoms with Crippen molar-refractivity contribution in [2.45, 2.75) is 11.8 Å². The number of halogens is 1. The molecule has 2 rings (SSSR count). The van der Waals surface area contributed by atoms with Gasteiger partial charge in [0.05, 0.1) is 0 Å². The summed E-state index contributed by atoms with van der Waals surface area (Å²) in [6.07, 6.45) is 0. The van der Waals surface area contributed by atoms with E-state index < -0.39 is 0 Å². The largest absolute Gasteiger partial charge is 0.356 e. The van der Waals surface area contributed by atoms with Crippen LogP contribution in [-0.2, 0) is 0 Å². The number of guanidine groups is 1. The first-order valence-corrected chi connectivity index (χ1v) is 9.87. The highest BCUT2D eigenvalue weighted by atomic mass is 127. The number of thioether (sulfide) groups is 1. The van der Waals surface area contributed by atoms with Crippen LogP contribution in [0.3, 0.4) is 0 Å². The van der Waals surface area contributed by atoms with Crippen molar-refractivity contribution in [3.8, 4) is 0 Å². The van der Waals surface area contributed by atoms with Crippen molar-refractivity contribution < 1.29 is 0 Å². The van der Waals surface area contributed by atoms with Gasteiger partial charge in [0.15, 0.2) is 5.96 Å². The minimum Gasteiger partial charge on any atom is -0.356 e. The Morgan fingerprint density at radius 1 is 1.04 bits per heavy atom. The van der Waals surface area contributed by atoms with Gasteiger partial charge in [-0.15, -0.1) is 35.7 Å². The van der Waals surface area contributed by atoms with Crippen molar-refractivity contribution in [1.82, 2.24) is 20.4 Å². The van der Waals surface area contributed by atoms with E-state index in [4.69, 9.17) is 0 Å². The summed E-state index contributed by atoms with van der Waals surface area (Å²) in [6, 6.07) is 10.5. The average molecular weight is 477 g/mol. The van der Waals surface area contributed by atoms with E-state index in [1.807, 2.05) is 18.8 Å². The van der Waals surface area contributed by atoms with Crippen LogP contribution in [0.25, 0.3) is 0 Å². The van der Waals surface area contributed by atoms with Crippen LogP contribution in [0.5, 0.6) is 0 Å². The summed E-state index contributed by atoms with van der Waals surface area (Å²) in [5.41, 5.74) is 0. The lowest BCUT2D eigenvalue weighted by atomic mass is 10.3. The zero-order chi connectivity index (χ0) is 17.0. The maximum absolute atomic E-state index is 4.30. The number of nitrogens with zero attached hydrogens (tertiary/aromatic N) is 3. The highest BCUT2D eigenvalue weighted by Gasteiger charge is 2.14. The number of nitrogens with one attached hydrogen (secondary N) is 2. The molecule has 2 N–H and O–H groups in total. The molecule has 0 bridgehead atoms. The molecule has 0 unspecified atom stereocenters. The van der Waals surface area contributed by atoms with E-state index in [2.05, 4.69) is 62.7 Å². The fourth-order valence-electron chi connectivity index (χ4n) is 2.74. The summed E-state index contributed by atoms with van der Waals surface area (Å²) < 4.78 is 0. The molecule has 0 aliphatic carbocycles. The van der Waals surface area contributed by atoms with Gasteiger partial charge in [-0.1, -0.05) is 25.1 Å². The van der Waals surface area contributed by atoms with Gasteiger partial charge in [-0.05, 0) is 18.7 Å². The lowest BCUT2D eigenvalue weighted by Crippen LogP contribution is -2.49. The van der Waals surface area contributed by atoms with Crippen molar-refractivity contribution in [2.75, 3.05) is 65.2 Å². The number of aliphatic imine (C=N–C) groups is 1. The first-order valence-electron chi connectivity index (χ1n) is 8.89. The van der Waals surface area contributed by atoms with Gasteiger partial charge in [0, 0.05) is 63.5 Å². The van der Waals surface area contributed by atoms with Gasteiger partial charge in [0.1, 0.15) is 0 Å². The second-order valence-corrected chi connectivity index (χ2v) is 7.03. The van der Waals surface area contributed by atoms with Crippen LogP contribution >= 0.6 is 35.7 Å². The second-order valence-electron chi connectivity index (χ2n) is 5.86. The fraction of sp³-hybridized carbons (Fsp3) is 0.611. The molecule has 1 saturated heterocycles. The smallest absolute Gasteiger partial charge is 0.191 e. The number of likely N-dealkylation sites (N-methyl/N-ethyl adjacent to an activating group) is 1. The van der Waals surface area contributed by atoms with E-state index in [1.54, 1.807) is 0 Å². The zero-order valence-electron chi connectivity index (χ0n) is 15.4. The molecule has 0 atom stereocenters. The summed E-state index contributed by atoms with van der Waals surface area (Å²) in [7, 11) is 1.83. The Labute approximate surface area is 174 Å². The predicted molar refractivity (Wildman–Crippen MR) is 120 cm³/mol. The lowest BCUT2D eigenvalue weighted by molar-refractivity contribution is 0.139. The lowest BCUT2D eigenvalue weighted by Gasteiger charge is -2.34. The molecule has 1 aliphatic heterocycles. The molecule has 0 radical (unpaired) electrons. The van der Waals surface area contributed by atoms with E-state index >= 15 is 0 Å². The van der Waals surface area contributed by atoms with Crippen molar-refractivity contribution >= 4 is 41.7 Å². The minimum absolute atomic E-state index is 0. The van der Waals surface area contributed by atoms with Crippen LogP contribution in [0.15, 0.2) is 40.2 Å². The molecule has 0 amide bonds. The number of piperazine rings is 1. The molecule has 0 aromatic heterocycles. The third kappa shape index (κ3) is 9.12. The van der Waals surface area contributed by atoms with Crippen LogP contribution in [0.4, 0.5) is 0 Å². The Balaban J connectivity index is 0.00000312. The molecule has 7 heteroatoms. The standard InChI is InChI=1S/C18H31N5S.HI/c1-3-22-12-14-23(15-13-22)11-9-20-18(19-2)21-10-16-24-17-7-5-4-6-8-17;/h4-8H,3,9-16H2,1-2H3,(H2,19,20,21);1H. The van der Waals surface area contributed by atoms with Gasteiger partial charge >= 0.3 is 0 Å². The first-order chi connectivity index (χ1) is 11.8. The van der Waals surface area contributed by atoms with Crippen LogP contribution in [0.1, 0.15) is 6.92 Å². The quantitative estimate of drug-likeness (QED) is 0.198. The Morgan fingerprint density at radius 2 is 1.68 bits per heavy atom. The van der Waals surface area contributed by atoms with Crippen LogP contribution in [-0.4, -0.2) is 80.9 Å². The summed E-state index contributed by atoms with van der Waals surface area (Å²) in [5.74, 6) is 1.93. The van der Waals surface area contributed by atoms with Gasteiger partial charge in [0.25, 0.3) is 0 Å². The number of hydrogen-bond acceptors (Lipinski definition) is 4. The maximum Gasteiger partial charge on any atom is 0.191 e. The maximum atomic E-state index is 4.30. The third-order valence-corrected chi connectivity index (χ3v) is 5.28. The van der Waals surface area contributed by atoms with Crippen molar-refractivity contribution in [2.24, 2.45) is 4.99 Å². The number of rotatable bonds is 8. The molecule has 142 valence electrons.